The summed E-state index contributed by atoms with van der Waals surface area (Å²) in [7, 11) is 0. The minimum atomic E-state index is 0.631. The number of hydrogen-bond acceptors (Lipinski definition) is 1. The standard InChI is InChI=1S/C12H14S.C2H6/c1-8(2)10-4-5-11-9(3)7-13-12(11)6-10;1-2/h4-8H,1-3H3;1-2H3. The summed E-state index contributed by atoms with van der Waals surface area (Å²) in [6.45, 7) is 10.6. The van der Waals surface area contributed by atoms with Gasteiger partial charge in [-0.05, 0) is 40.8 Å². The molecule has 0 fully saturated rings. The predicted octanol–water partition coefficient (Wildman–Crippen LogP) is 5.36. The minimum absolute atomic E-state index is 0.631. The number of thiophene rings is 1. The molecule has 0 saturated heterocycles. The first kappa shape index (κ1) is 12.3. The van der Waals surface area contributed by atoms with Crippen LogP contribution in [0.15, 0.2) is 23.6 Å². The predicted molar refractivity (Wildman–Crippen MR) is 72.0 cm³/mol. The monoisotopic (exact) mass is 220 g/mol. The van der Waals surface area contributed by atoms with Gasteiger partial charge in [-0.2, -0.15) is 0 Å². The van der Waals surface area contributed by atoms with Gasteiger partial charge in [0.05, 0.1) is 0 Å². The lowest BCUT2D eigenvalue weighted by Crippen LogP contribution is -1.85. The Labute approximate surface area is 96.9 Å². The molecule has 0 N–H and O–H groups in total. The summed E-state index contributed by atoms with van der Waals surface area (Å²) >= 11 is 1.85. The van der Waals surface area contributed by atoms with Crippen molar-refractivity contribution in [1.82, 2.24) is 0 Å². The molecule has 0 aliphatic rings. The third-order valence-electron chi connectivity index (χ3n) is 2.46. The molecule has 0 saturated carbocycles. The fourth-order valence-corrected chi connectivity index (χ4v) is 2.53. The van der Waals surface area contributed by atoms with Crippen molar-refractivity contribution >= 4 is 21.4 Å². The lowest BCUT2D eigenvalue weighted by Gasteiger charge is -2.04. The Kier molecular flexibility index (Phi) is 4.34. The van der Waals surface area contributed by atoms with E-state index in [1.165, 1.54) is 21.2 Å². The molecule has 0 amide bonds. The molecule has 0 aliphatic carbocycles. The smallest absolute Gasteiger partial charge is 0.0348 e. The fraction of sp³-hybridized carbons (Fsp3) is 0.429. The lowest BCUT2D eigenvalue weighted by molar-refractivity contribution is 0.869. The van der Waals surface area contributed by atoms with E-state index in [1.54, 1.807) is 0 Å². The lowest BCUT2D eigenvalue weighted by atomic mass is 10.0. The van der Waals surface area contributed by atoms with E-state index in [-0.39, 0.29) is 0 Å². The van der Waals surface area contributed by atoms with Gasteiger partial charge < -0.3 is 0 Å². The Morgan fingerprint density at radius 2 is 1.80 bits per heavy atom. The maximum absolute atomic E-state index is 2.32. The Bertz CT molecular complexity index is 424. The van der Waals surface area contributed by atoms with Crippen LogP contribution in [0.2, 0.25) is 0 Å². The summed E-state index contributed by atoms with van der Waals surface area (Å²) in [6.07, 6.45) is 0. The van der Waals surface area contributed by atoms with Crippen LogP contribution in [0.5, 0.6) is 0 Å². The second-order valence-electron chi connectivity index (χ2n) is 3.83. The van der Waals surface area contributed by atoms with Crippen LogP contribution in [0.3, 0.4) is 0 Å². The van der Waals surface area contributed by atoms with Crippen molar-refractivity contribution in [3.05, 3.63) is 34.7 Å². The molecule has 82 valence electrons. The van der Waals surface area contributed by atoms with Crippen LogP contribution in [-0.4, -0.2) is 0 Å². The van der Waals surface area contributed by atoms with E-state index in [0.717, 1.165) is 0 Å². The normalized spacial score (nSPS) is 10.3. The highest BCUT2D eigenvalue weighted by molar-refractivity contribution is 7.17. The van der Waals surface area contributed by atoms with Crippen molar-refractivity contribution in [3.8, 4) is 0 Å². The average molecular weight is 220 g/mol. The molecule has 1 heteroatoms. The second-order valence-corrected chi connectivity index (χ2v) is 4.74. The van der Waals surface area contributed by atoms with Crippen LogP contribution in [0.4, 0.5) is 0 Å². The summed E-state index contributed by atoms with van der Waals surface area (Å²) in [4.78, 5) is 0. The first-order chi connectivity index (χ1) is 7.18. The van der Waals surface area contributed by atoms with Gasteiger partial charge in [0.1, 0.15) is 0 Å². The van der Waals surface area contributed by atoms with Crippen LogP contribution < -0.4 is 0 Å². The minimum Gasteiger partial charge on any atom is -0.144 e. The van der Waals surface area contributed by atoms with Gasteiger partial charge in [-0.15, -0.1) is 11.3 Å². The van der Waals surface area contributed by atoms with Crippen LogP contribution in [0.25, 0.3) is 10.1 Å². The van der Waals surface area contributed by atoms with E-state index < -0.39 is 0 Å². The van der Waals surface area contributed by atoms with Gasteiger partial charge in [0.25, 0.3) is 0 Å². The molecule has 0 bridgehead atoms. The van der Waals surface area contributed by atoms with E-state index in [9.17, 15) is 0 Å². The molecule has 0 nitrogen and oxygen atoms in total. The van der Waals surface area contributed by atoms with Gasteiger partial charge in [0, 0.05) is 4.70 Å². The molecular formula is C14H20S. The van der Waals surface area contributed by atoms with Gasteiger partial charge >= 0.3 is 0 Å². The highest BCUT2D eigenvalue weighted by atomic mass is 32.1. The van der Waals surface area contributed by atoms with Crippen molar-refractivity contribution < 1.29 is 0 Å². The van der Waals surface area contributed by atoms with Crippen LogP contribution >= 0.6 is 11.3 Å². The zero-order valence-corrected chi connectivity index (χ0v) is 11.1. The number of benzene rings is 1. The molecule has 15 heavy (non-hydrogen) atoms. The van der Waals surface area contributed by atoms with Gasteiger partial charge in [-0.3, -0.25) is 0 Å². The van der Waals surface area contributed by atoms with E-state index >= 15 is 0 Å². The van der Waals surface area contributed by atoms with E-state index in [2.05, 4.69) is 44.4 Å². The van der Waals surface area contributed by atoms with Crippen molar-refractivity contribution in [2.45, 2.75) is 40.5 Å². The Morgan fingerprint density at radius 1 is 1.13 bits per heavy atom. The molecule has 0 spiro atoms. The Balaban J connectivity index is 0.000000531. The fourth-order valence-electron chi connectivity index (χ4n) is 1.54. The van der Waals surface area contributed by atoms with E-state index in [1.807, 2.05) is 25.2 Å². The second kappa shape index (κ2) is 5.32. The van der Waals surface area contributed by atoms with Gasteiger partial charge in [-0.1, -0.05) is 39.8 Å². The van der Waals surface area contributed by atoms with Crippen molar-refractivity contribution in [2.24, 2.45) is 0 Å². The maximum atomic E-state index is 2.32. The van der Waals surface area contributed by atoms with Gasteiger partial charge in [0.2, 0.25) is 0 Å². The van der Waals surface area contributed by atoms with Crippen molar-refractivity contribution in [1.29, 1.82) is 0 Å². The number of aryl methyl sites for hydroxylation is 1. The third-order valence-corrected chi connectivity index (χ3v) is 3.52. The zero-order valence-electron chi connectivity index (χ0n) is 10.3. The van der Waals surface area contributed by atoms with E-state index in [0.29, 0.717) is 5.92 Å². The van der Waals surface area contributed by atoms with Gasteiger partial charge in [-0.25, -0.2) is 0 Å². The Hall–Kier alpha value is -0.820. The number of fused-ring (bicyclic) bond motifs is 1. The first-order valence-corrected chi connectivity index (χ1v) is 6.54. The van der Waals surface area contributed by atoms with Crippen molar-refractivity contribution in [2.75, 3.05) is 0 Å². The average Bonchev–Trinajstić information content (AvgIpc) is 2.63. The Morgan fingerprint density at radius 3 is 2.40 bits per heavy atom. The molecule has 1 aromatic heterocycles. The summed E-state index contributed by atoms with van der Waals surface area (Å²) in [6, 6.07) is 6.81. The molecule has 1 heterocycles. The third kappa shape index (κ3) is 2.60. The molecule has 0 radical (unpaired) electrons. The molecule has 0 atom stereocenters. The highest BCUT2D eigenvalue weighted by Crippen LogP contribution is 2.28. The molecule has 0 aliphatic heterocycles. The van der Waals surface area contributed by atoms with Gasteiger partial charge in [0.15, 0.2) is 0 Å². The largest absolute Gasteiger partial charge is 0.144 e. The van der Waals surface area contributed by atoms with E-state index in [4.69, 9.17) is 0 Å². The first-order valence-electron chi connectivity index (χ1n) is 5.66. The summed E-state index contributed by atoms with van der Waals surface area (Å²) < 4.78 is 1.42. The molecular weight excluding hydrogens is 200 g/mol. The zero-order chi connectivity index (χ0) is 11.4. The van der Waals surface area contributed by atoms with Crippen LogP contribution in [0, 0.1) is 6.92 Å². The molecule has 0 unspecified atom stereocenters. The number of hydrogen-bond donors (Lipinski definition) is 0. The maximum Gasteiger partial charge on any atom is 0.0348 e. The number of rotatable bonds is 1. The van der Waals surface area contributed by atoms with Crippen LogP contribution in [-0.2, 0) is 0 Å². The summed E-state index contributed by atoms with van der Waals surface area (Å²) in [5.41, 5.74) is 2.84. The summed E-state index contributed by atoms with van der Waals surface area (Å²) in [5.74, 6) is 0.631. The molecule has 1 aromatic carbocycles. The SMILES string of the molecule is CC.Cc1csc2cc(C(C)C)ccc12. The molecule has 2 aromatic rings. The van der Waals surface area contributed by atoms with Crippen LogP contribution in [0.1, 0.15) is 44.7 Å². The van der Waals surface area contributed by atoms with Crippen molar-refractivity contribution in [3.63, 3.8) is 0 Å². The topological polar surface area (TPSA) is 0 Å². The highest BCUT2D eigenvalue weighted by Gasteiger charge is 2.03. The molecule has 2 rings (SSSR count). The quantitative estimate of drug-likeness (QED) is 0.607. The summed E-state index contributed by atoms with van der Waals surface area (Å²) in [5, 5.41) is 3.64.